The molecule has 0 rings (SSSR count). The monoisotopic (exact) mass is 142 g/mol. The van der Waals surface area contributed by atoms with Crippen LogP contribution in [0.4, 0.5) is 0 Å². The van der Waals surface area contributed by atoms with Crippen LogP contribution in [0.25, 0.3) is 0 Å². The fourth-order valence-corrected chi connectivity index (χ4v) is 0.836. The van der Waals surface area contributed by atoms with Crippen LogP contribution in [0.1, 0.15) is 6.92 Å². The normalized spacial score (nSPS) is 13.6. The fraction of sp³-hybridized carbons (Fsp3) is 0.429. The number of hydrogen-bond acceptors (Lipinski definition) is 1. The summed E-state index contributed by atoms with van der Waals surface area (Å²) >= 11 is 0. The Kier molecular flexibility index (Phi) is 4.36. The van der Waals surface area contributed by atoms with Crippen LogP contribution in [0.2, 0.25) is 0 Å². The lowest BCUT2D eigenvalue weighted by Crippen LogP contribution is -2.15. The van der Waals surface area contributed by atoms with Gasteiger partial charge in [-0.05, 0) is 6.92 Å². The first-order valence-corrected chi connectivity index (χ1v) is 4.26. The van der Waals surface area contributed by atoms with Crippen molar-refractivity contribution in [2.45, 2.75) is 18.8 Å². The van der Waals surface area contributed by atoms with E-state index in [9.17, 15) is 0 Å². The molecule has 0 saturated carbocycles. The standard InChI is InChI=1S/C7H14OSi/c1-4-7(5-2)8-6(3)9/h4-7H,1-2H2,3,9H3. The van der Waals surface area contributed by atoms with Crippen molar-refractivity contribution < 1.29 is 4.74 Å². The zero-order valence-corrected chi connectivity index (χ0v) is 8.13. The van der Waals surface area contributed by atoms with E-state index < -0.39 is 0 Å². The van der Waals surface area contributed by atoms with Crippen LogP contribution < -0.4 is 0 Å². The molecule has 0 amide bonds. The van der Waals surface area contributed by atoms with Crippen molar-refractivity contribution >= 4 is 10.2 Å². The van der Waals surface area contributed by atoms with E-state index in [4.69, 9.17) is 4.74 Å². The van der Waals surface area contributed by atoms with Crippen LogP contribution >= 0.6 is 0 Å². The molecular weight excluding hydrogens is 128 g/mol. The third kappa shape index (κ3) is 4.18. The maximum atomic E-state index is 5.37. The van der Waals surface area contributed by atoms with E-state index in [-0.39, 0.29) is 6.10 Å². The third-order valence-electron chi connectivity index (χ3n) is 0.894. The molecule has 0 radical (unpaired) electrons. The Bertz CT molecular complexity index is 91.1. The summed E-state index contributed by atoms with van der Waals surface area (Å²) in [6, 6.07) is 0. The van der Waals surface area contributed by atoms with Crippen molar-refractivity contribution in [3.8, 4) is 0 Å². The molecule has 9 heavy (non-hydrogen) atoms. The predicted octanol–water partition coefficient (Wildman–Crippen LogP) is 0.455. The molecule has 0 fully saturated rings. The van der Waals surface area contributed by atoms with Crippen molar-refractivity contribution in [1.82, 2.24) is 0 Å². The lowest BCUT2D eigenvalue weighted by Gasteiger charge is -2.11. The first-order valence-electron chi connectivity index (χ1n) is 3.11. The lowest BCUT2D eigenvalue weighted by molar-refractivity contribution is 0.100. The molecule has 0 aliphatic carbocycles. The maximum absolute atomic E-state index is 5.37. The summed E-state index contributed by atoms with van der Waals surface area (Å²) in [5.74, 6) is 0. The van der Waals surface area contributed by atoms with Crippen LogP contribution in [0.5, 0.6) is 0 Å². The highest BCUT2D eigenvalue weighted by Gasteiger charge is 1.99. The molecule has 0 saturated heterocycles. The van der Waals surface area contributed by atoms with E-state index >= 15 is 0 Å². The van der Waals surface area contributed by atoms with Gasteiger partial charge < -0.3 is 4.74 Å². The molecule has 0 aliphatic rings. The molecule has 1 atom stereocenters. The van der Waals surface area contributed by atoms with E-state index in [2.05, 4.69) is 13.2 Å². The Morgan fingerprint density at radius 2 is 1.89 bits per heavy atom. The van der Waals surface area contributed by atoms with Crippen LogP contribution in [-0.2, 0) is 4.74 Å². The second-order valence-electron chi connectivity index (χ2n) is 2.12. The van der Waals surface area contributed by atoms with Gasteiger partial charge in [0.05, 0.1) is 6.10 Å². The van der Waals surface area contributed by atoms with Crippen LogP contribution in [-0.4, -0.2) is 22.1 Å². The third-order valence-corrected chi connectivity index (χ3v) is 1.17. The van der Waals surface area contributed by atoms with Gasteiger partial charge in [-0.3, -0.25) is 0 Å². The summed E-state index contributed by atoms with van der Waals surface area (Å²) in [7, 11) is 1.06. The van der Waals surface area contributed by atoms with Gasteiger partial charge in [-0.1, -0.05) is 12.2 Å². The molecule has 0 heterocycles. The van der Waals surface area contributed by atoms with Crippen LogP contribution in [0.3, 0.4) is 0 Å². The molecule has 0 aromatic carbocycles. The number of rotatable bonds is 4. The highest BCUT2D eigenvalue weighted by molar-refractivity contribution is 6.10. The van der Waals surface area contributed by atoms with E-state index in [0.717, 1.165) is 10.2 Å². The van der Waals surface area contributed by atoms with E-state index in [1.165, 1.54) is 0 Å². The molecule has 1 nitrogen and oxygen atoms in total. The molecule has 0 aliphatic heterocycles. The molecule has 0 N–H and O–H groups in total. The minimum absolute atomic E-state index is 0.0394. The minimum atomic E-state index is 0.0394. The van der Waals surface area contributed by atoms with Crippen molar-refractivity contribution in [1.29, 1.82) is 0 Å². The summed E-state index contributed by atoms with van der Waals surface area (Å²) in [6.07, 6.45) is 3.54. The summed E-state index contributed by atoms with van der Waals surface area (Å²) in [5.41, 5.74) is 0.381. The lowest BCUT2D eigenvalue weighted by atomic mass is 10.3. The Balaban J connectivity index is 3.55. The summed E-state index contributed by atoms with van der Waals surface area (Å²) in [5, 5.41) is 0. The van der Waals surface area contributed by atoms with Crippen molar-refractivity contribution in [3.05, 3.63) is 25.3 Å². The minimum Gasteiger partial charge on any atom is -0.372 e. The molecule has 0 bridgehead atoms. The number of ether oxygens (including phenoxy) is 1. The van der Waals surface area contributed by atoms with E-state index in [1.807, 2.05) is 6.92 Å². The molecular formula is C7H14OSi. The smallest absolute Gasteiger partial charge is 0.0931 e. The van der Waals surface area contributed by atoms with Crippen LogP contribution in [0, 0.1) is 0 Å². The maximum Gasteiger partial charge on any atom is 0.0931 e. The summed E-state index contributed by atoms with van der Waals surface area (Å²) < 4.78 is 5.37. The first kappa shape index (κ1) is 8.66. The van der Waals surface area contributed by atoms with Crippen molar-refractivity contribution in [3.63, 3.8) is 0 Å². The quantitative estimate of drug-likeness (QED) is 0.409. The Morgan fingerprint density at radius 3 is 2.00 bits per heavy atom. The Labute approximate surface area is 59.8 Å². The molecule has 0 spiro atoms. The highest BCUT2D eigenvalue weighted by atomic mass is 28.1. The zero-order valence-electron chi connectivity index (χ0n) is 6.13. The van der Waals surface area contributed by atoms with Crippen molar-refractivity contribution in [2.75, 3.05) is 0 Å². The van der Waals surface area contributed by atoms with Gasteiger partial charge in [0.15, 0.2) is 0 Å². The van der Waals surface area contributed by atoms with Gasteiger partial charge in [-0.25, -0.2) is 0 Å². The van der Waals surface area contributed by atoms with Gasteiger partial charge >= 0.3 is 0 Å². The van der Waals surface area contributed by atoms with Gasteiger partial charge in [-0.15, -0.1) is 13.2 Å². The highest BCUT2D eigenvalue weighted by Crippen LogP contribution is 1.96. The fourth-order valence-electron chi connectivity index (χ4n) is 0.522. The van der Waals surface area contributed by atoms with Gasteiger partial charge in [-0.2, -0.15) is 0 Å². The van der Waals surface area contributed by atoms with Crippen LogP contribution in [0.15, 0.2) is 25.3 Å². The summed E-state index contributed by atoms with van der Waals surface area (Å²) in [6.45, 7) is 9.26. The average molecular weight is 142 g/mol. The van der Waals surface area contributed by atoms with Gasteiger partial charge in [0.1, 0.15) is 0 Å². The van der Waals surface area contributed by atoms with Gasteiger partial charge in [0.2, 0.25) is 0 Å². The van der Waals surface area contributed by atoms with Crippen molar-refractivity contribution in [2.24, 2.45) is 0 Å². The first-order chi connectivity index (χ1) is 4.20. The van der Waals surface area contributed by atoms with Gasteiger partial charge in [0.25, 0.3) is 0 Å². The van der Waals surface area contributed by atoms with E-state index in [0.29, 0.717) is 5.73 Å². The second-order valence-corrected chi connectivity index (χ2v) is 3.75. The van der Waals surface area contributed by atoms with E-state index in [1.54, 1.807) is 12.2 Å². The molecule has 0 aromatic rings. The molecule has 52 valence electrons. The summed E-state index contributed by atoms with van der Waals surface area (Å²) in [4.78, 5) is 0. The SMILES string of the molecule is C=CC(C=C)OC(C)[SiH3]. The number of hydrogen-bond donors (Lipinski definition) is 0. The average Bonchev–Trinajstić information content (AvgIpc) is 1.82. The Morgan fingerprint density at radius 1 is 1.44 bits per heavy atom. The molecule has 1 unspecified atom stereocenters. The predicted molar refractivity (Wildman–Crippen MR) is 44.7 cm³/mol. The topological polar surface area (TPSA) is 9.23 Å². The second kappa shape index (κ2) is 4.53. The molecule has 2 heteroatoms. The Hall–Kier alpha value is -0.343. The zero-order chi connectivity index (χ0) is 7.28. The molecule has 0 aromatic heterocycles. The largest absolute Gasteiger partial charge is 0.372 e. The van der Waals surface area contributed by atoms with Gasteiger partial charge in [0, 0.05) is 16.0 Å².